The zero-order valence-corrected chi connectivity index (χ0v) is 16.3. The Morgan fingerprint density at radius 3 is 2.71 bits per heavy atom. The minimum absolute atomic E-state index is 0.00875. The highest BCUT2D eigenvalue weighted by molar-refractivity contribution is 5.68. The van der Waals surface area contributed by atoms with Crippen LogP contribution in [0.2, 0.25) is 0 Å². The first-order valence-corrected chi connectivity index (χ1v) is 9.49. The summed E-state index contributed by atoms with van der Waals surface area (Å²) in [6.45, 7) is 0.424. The molecule has 0 amide bonds. The normalized spacial score (nSPS) is 15.4. The molecule has 31 heavy (non-hydrogen) atoms. The zero-order chi connectivity index (χ0) is 21.8. The van der Waals surface area contributed by atoms with Crippen LogP contribution in [0, 0.1) is 0 Å². The van der Waals surface area contributed by atoms with Gasteiger partial charge in [-0.15, -0.1) is 0 Å². The van der Waals surface area contributed by atoms with Gasteiger partial charge in [0.25, 0.3) is 0 Å². The highest BCUT2D eigenvalue weighted by Crippen LogP contribution is 2.35. The zero-order valence-electron chi connectivity index (χ0n) is 16.3. The second kappa shape index (κ2) is 8.82. The molecular weight excluding hydrogens is 413 g/mol. The number of halogens is 3. The summed E-state index contributed by atoms with van der Waals surface area (Å²) in [6, 6.07) is 3.38. The molecule has 1 unspecified atom stereocenters. The first-order valence-electron chi connectivity index (χ1n) is 9.49. The van der Waals surface area contributed by atoms with Gasteiger partial charge in [0.1, 0.15) is 12.0 Å². The number of nitrogens with one attached hydrogen (secondary N) is 1. The Balaban J connectivity index is 1.46. The van der Waals surface area contributed by atoms with Gasteiger partial charge in [-0.1, -0.05) is 6.08 Å². The molecule has 4 heterocycles. The Morgan fingerprint density at radius 2 is 2.06 bits per heavy atom. The van der Waals surface area contributed by atoms with Gasteiger partial charge in [-0.3, -0.25) is 14.6 Å². The highest BCUT2D eigenvalue weighted by atomic mass is 19.4. The van der Waals surface area contributed by atoms with E-state index in [0.29, 0.717) is 30.1 Å². The van der Waals surface area contributed by atoms with E-state index in [-0.39, 0.29) is 18.7 Å². The molecule has 162 valence electrons. The average molecular weight is 432 g/mol. The fourth-order valence-electron chi connectivity index (χ4n) is 3.20. The molecule has 0 aliphatic carbocycles. The number of hydrogen-bond acceptors (Lipinski definition) is 7. The first kappa shape index (κ1) is 20.9. The second-order valence-electron chi connectivity index (χ2n) is 6.85. The van der Waals surface area contributed by atoms with Crippen molar-refractivity contribution >= 4 is 11.4 Å². The Hall–Kier alpha value is -3.31. The van der Waals surface area contributed by atoms with Crippen molar-refractivity contribution in [3.8, 4) is 11.3 Å². The molecule has 0 radical (unpaired) electrons. The van der Waals surface area contributed by atoms with Crippen LogP contribution in [-0.4, -0.2) is 49.3 Å². The van der Waals surface area contributed by atoms with Gasteiger partial charge >= 0.3 is 6.18 Å². The van der Waals surface area contributed by atoms with Gasteiger partial charge in [-0.25, -0.2) is 4.98 Å². The average Bonchev–Trinajstić information content (AvgIpc) is 3.20. The van der Waals surface area contributed by atoms with Gasteiger partial charge in [0.05, 0.1) is 31.6 Å². The molecule has 0 saturated carbocycles. The molecule has 3 aromatic heterocycles. The molecule has 0 spiro atoms. The quantitative estimate of drug-likeness (QED) is 0.578. The lowest BCUT2D eigenvalue weighted by Gasteiger charge is -2.14. The fourth-order valence-corrected chi connectivity index (χ4v) is 3.20. The van der Waals surface area contributed by atoms with E-state index >= 15 is 0 Å². The summed E-state index contributed by atoms with van der Waals surface area (Å²) in [5.41, 5.74) is 0.958. The van der Waals surface area contributed by atoms with Gasteiger partial charge < -0.3 is 15.2 Å². The Bertz CT molecular complexity index is 1050. The third-order valence-electron chi connectivity index (χ3n) is 4.64. The Kier molecular flexibility index (Phi) is 5.96. The van der Waals surface area contributed by atoms with Crippen molar-refractivity contribution in [2.75, 3.05) is 18.5 Å². The van der Waals surface area contributed by atoms with E-state index in [1.807, 2.05) is 0 Å². The largest absolute Gasteiger partial charge is 0.435 e. The SMILES string of the molecule is OC(Cn1cc(C2=CCOCC2)c(C(F)(F)F)n1)Nc1ccc(-c2cnccn2)cn1. The van der Waals surface area contributed by atoms with Crippen molar-refractivity contribution in [3.63, 3.8) is 0 Å². The summed E-state index contributed by atoms with van der Waals surface area (Å²) in [5, 5.41) is 16.7. The molecule has 1 aliphatic heterocycles. The number of hydrogen-bond donors (Lipinski definition) is 2. The second-order valence-corrected chi connectivity index (χ2v) is 6.85. The monoisotopic (exact) mass is 432 g/mol. The lowest BCUT2D eigenvalue weighted by atomic mass is 10.0. The molecule has 3 aromatic rings. The number of pyridine rings is 1. The number of rotatable bonds is 6. The lowest BCUT2D eigenvalue weighted by molar-refractivity contribution is -0.141. The maximum atomic E-state index is 13.4. The molecule has 8 nitrogen and oxygen atoms in total. The molecule has 1 aliphatic rings. The molecule has 1 atom stereocenters. The molecule has 4 rings (SSSR count). The van der Waals surface area contributed by atoms with E-state index in [0.717, 1.165) is 10.2 Å². The van der Waals surface area contributed by atoms with Crippen molar-refractivity contribution in [3.05, 3.63) is 60.5 Å². The predicted octanol–water partition coefficient (Wildman–Crippen LogP) is 2.99. The van der Waals surface area contributed by atoms with Crippen LogP contribution in [0.25, 0.3) is 16.8 Å². The lowest BCUT2D eigenvalue weighted by Crippen LogP contribution is -2.26. The van der Waals surface area contributed by atoms with Crippen molar-refractivity contribution < 1.29 is 23.0 Å². The van der Waals surface area contributed by atoms with Gasteiger partial charge in [0.15, 0.2) is 5.69 Å². The Labute approximate surface area is 175 Å². The smallest absolute Gasteiger partial charge is 0.377 e. The van der Waals surface area contributed by atoms with Crippen molar-refractivity contribution in [2.45, 2.75) is 25.4 Å². The van der Waals surface area contributed by atoms with Crippen LogP contribution in [0.3, 0.4) is 0 Å². The minimum Gasteiger partial charge on any atom is -0.377 e. The van der Waals surface area contributed by atoms with Gasteiger partial charge in [0.2, 0.25) is 0 Å². The van der Waals surface area contributed by atoms with E-state index in [2.05, 4.69) is 25.4 Å². The maximum absolute atomic E-state index is 13.4. The van der Waals surface area contributed by atoms with Crippen LogP contribution in [0.4, 0.5) is 19.0 Å². The summed E-state index contributed by atoms with van der Waals surface area (Å²) in [4.78, 5) is 12.4. The molecule has 0 aromatic carbocycles. The number of aliphatic hydroxyl groups excluding tert-OH is 1. The van der Waals surface area contributed by atoms with Crippen molar-refractivity contribution in [1.82, 2.24) is 24.7 Å². The highest BCUT2D eigenvalue weighted by Gasteiger charge is 2.38. The molecule has 0 fully saturated rings. The number of nitrogens with zero attached hydrogens (tertiary/aromatic N) is 5. The molecule has 0 saturated heterocycles. The van der Waals surface area contributed by atoms with E-state index in [4.69, 9.17) is 4.74 Å². The standard InChI is InChI=1S/C20H19F3N6O2/c21-20(22,23)19-15(13-3-7-31-8-4-13)11-29(28-19)12-18(30)27-17-2-1-14(9-26-17)16-10-24-5-6-25-16/h1-3,5-6,9-11,18,30H,4,7-8,12H2,(H,26,27). The van der Waals surface area contributed by atoms with Crippen LogP contribution in [0.5, 0.6) is 0 Å². The van der Waals surface area contributed by atoms with E-state index < -0.39 is 18.1 Å². The van der Waals surface area contributed by atoms with E-state index in [9.17, 15) is 18.3 Å². The van der Waals surface area contributed by atoms with Crippen LogP contribution in [0.1, 0.15) is 17.7 Å². The Morgan fingerprint density at radius 1 is 1.19 bits per heavy atom. The summed E-state index contributed by atoms with van der Waals surface area (Å²) >= 11 is 0. The fraction of sp³-hybridized carbons (Fsp3) is 0.300. The number of anilines is 1. The molecular formula is C20H19F3N6O2. The third-order valence-corrected chi connectivity index (χ3v) is 4.64. The minimum atomic E-state index is -4.60. The van der Waals surface area contributed by atoms with Crippen LogP contribution in [0.15, 0.2) is 49.2 Å². The maximum Gasteiger partial charge on any atom is 0.435 e. The number of aliphatic hydroxyl groups is 1. The summed E-state index contributed by atoms with van der Waals surface area (Å²) in [7, 11) is 0. The van der Waals surface area contributed by atoms with E-state index in [1.54, 1.807) is 43.0 Å². The summed E-state index contributed by atoms with van der Waals surface area (Å²) in [6.07, 6.45) is 3.78. The topological polar surface area (TPSA) is 98.0 Å². The number of ether oxygens (including phenoxy) is 1. The summed E-state index contributed by atoms with van der Waals surface area (Å²) < 4.78 is 46.6. The van der Waals surface area contributed by atoms with Crippen LogP contribution < -0.4 is 5.32 Å². The number of alkyl halides is 3. The molecule has 0 bridgehead atoms. The van der Waals surface area contributed by atoms with Crippen LogP contribution >= 0.6 is 0 Å². The number of aromatic nitrogens is 5. The van der Waals surface area contributed by atoms with Crippen molar-refractivity contribution in [2.24, 2.45) is 0 Å². The molecule has 11 heteroatoms. The van der Waals surface area contributed by atoms with Gasteiger partial charge in [-0.2, -0.15) is 18.3 Å². The van der Waals surface area contributed by atoms with Crippen molar-refractivity contribution in [1.29, 1.82) is 0 Å². The van der Waals surface area contributed by atoms with Gasteiger partial charge in [-0.05, 0) is 24.1 Å². The predicted molar refractivity (Wildman–Crippen MR) is 106 cm³/mol. The third kappa shape index (κ3) is 5.06. The first-order chi connectivity index (χ1) is 14.9. The summed E-state index contributed by atoms with van der Waals surface area (Å²) in [5.74, 6) is 0.357. The van der Waals surface area contributed by atoms with Crippen LogP contribution in [-0.2, 0) is 17.5 Å². The molecule has 2 N–H and O–H groups in total. The van der Waals surface area contributed by atoms with E-state index in [1.165, 1.54) is 6.20 Å². The van der Waals surface area contributed by atoms with Gasteiger partial charge in [0, 0.05) is 35.9 Å².